The van der Waals surface area contributed by atoms with E-state index in [2.05, 4.69) is 38.7 Å². The first-order valence-corrected chi connectivity index (χ1v) is 6.05. The lowest BCUT2D eigenvalue weighted by molar-refractivity contribution is 0.637. The van der Waals surface area contributed by atoms with Gasteiger partial charge < -0.3 is 0 Å². The molecule has 1 heteroatoms. The van der Waals surface area contributed by atoms with Crippen molar-refractivity contribution in [3.05, 3.63) is 28.6 Å². The highest BCUT2D eigenvalue weighted by Gasteiger charge is 2.27. The minimum absolute atomic E-state index is 0.728. The van der Waals surface area contributed by atoms with Gasteiger partial charge in [-0.05, 0) is 62.1 Å². The van der Waals surface area contributed by atoms with Crippen molar-refractivity contribution in [3.63, 3.8) is 0 Å². The summed E-state index contributed by atoms with van der Waals surface area (Å²) in [5.74, 6) is 1.57. The molecular formula is C14H21N. The van der Waals surface area contributed by atoms with Crippen LogP contribution in [0, 0.1) is 19.8 Å². The summed E-state index contributed by atoms with van der Waals surface area (Å²) in [4.78, 5) is 4.60. The van der Waals surface area contributed by atoms with Crippen molar-refractivity contribution >= 4 is 0 Å². The maximum Gasteiger partial charge on any atom is 0.0410 e. The number of rotatable bonds is 3. The van der Waals surface area contributed by atoms with Gasteiger partial charge in [0.05, 0.1) is 0 Å². The Morgan fingerprint density at radius 2 is 2.00 bits per heavy atom. The summed E-state index contributed by atoms with van der Waals surface area (Å²) in [5.41, 5.74) is 5.55. The maximum absolute atomic E-state index is 4.60. The molecule has 2 rings (SSSR count). The molecule has 0 atom stereocenters. The molecule has 0 saturated heterocycles. The van der Waals surface area contributed by atoms with Crippen LogP contribution < -0.4 is 0 Å². The van der Waals surface area contributed by atoms with E-state index in [0.29, 0.717) is 0 Å². The highest BCUT2D eigenvalue weighted by atomic mass is 14.7. The minimum Gasteiger partial charge on any atom is -0.258 e. The Labute approximate surface area is 92.9 Å². The smallest absolute Gasteiger partial charge is 0.0410 e. The summed E-state index contributed by atoms with van der Waals surface area (Å²) < 4.78 is 0. The lowest BCUT2D eigenvalue weighted by Gasteiger charge is -2.14. The van der Waals surface area contributed by atoms with E-state index in [-0.39, 0.29) is 0 Å². The van der Waals surface area contributed by atoms with E-state index in [1.807, 2.05) is 0 Å². The van der Waals surface area contributed by atoms with Crippen LogP contribution in [0.2, 0.25) is 0 Å². The molecule has 0 spiro atoms. The molecule has 1 fully saturated rings. The van der Waals surface area contributed by atoms with Crippen molar-refractivity contribution in [1.29, 1.82) is 0 Å². The SMILES string of the molecule is Cc1cc(C2CC2)c(CC(C)C)c(C)n1. The average Bonchev–Trinajstić information content (AvgIpc) is 2.91. The van der Waals surface area contributed by atoms with Gasteiger partial charge in [-0.25, -0.2) is 0 Å². The number of nitrogens with zero attached hydrogens (tertiary/aromatic N) is 1. The van der Waals surface area contributed by atoms with Crippen LogP contribution in [0.3, 0.4) is 0 Å². The summed E-state index contributed by atoms with van der Waals surface area (Å²) in [6.45, 7) is 8.85. The van der Waals surface area contributed by atoms with E-state index in [1.54, 1.807) is 5.56 Å². The summed E-state index contributed by atoms with van der Waals surface area (Å²) >= 11 is 0. The van der Waals surface area contributed by atoms with E-state index >= 15 is 0 Å². The fourth-order valence-corrected chi connectivity index (χ4v) is 2.32. The third-order valence-corrected chi connectivity index (χ3v) is 3.12. The number of hydrogen-bond acceptors (Lipinski definition) is 1. The number of pyridine rings is 1. The lowest BCUT2D eigenvalue weighted by Crippen LogP contribution is -2.04. The zero-order valence-electron chi connectivity index (χ0n) is 10.3. The van der Waals surface area contributed by atoms with Crippen molar-refractivity contribution in [1.82, 2.24) is 4.98 Å². The second kappa shape index (κ2) is 3.96. The first kappa shape index (κ1) is 10.7. The van der Waals surface area contributed by atoms with Crippen LogP contribution in [0.15, 0.2) is 6.07 Å². The Bertz CT molecular complexity index is 362. The molecule has 0 aromatic carbocycles. The first-order valence-electron chi connectivity index (χ1n) is 6.05. The number of aromatic nitrogens is 1. The molecule has 0 aliphatic heterocycles. The zero-order valence-corrected chi connectivity index (χ0v) is 10.3. The van der Waals surface area contributed by atoms with Crippen molar-refractivity contribution < 1.29 is 0 Å². The molecule has 1 aliphatic carbocycles. The summed E-state index contributed by atoms with van der Waals surface area (Å²) in [6.07, 6.45) is 3.95. The van der Waals surface area contributed by atoms with Crippen LogP contribution >= 0.6 is 0 Å². The number of aryl methyl sites for hydroxylation is 2. The van der Waals surface area contributed by atoms with E-state index < -0.39 is 0 Å². The van der Waals surface area contributed by atoms with Crippen LogP contribution in [-0.2, 0) is 6.42 Å². The Kier molecular flexibility index (Phi) is 2.81. The van der Waals surface area contributed by atoms with Gasteiger partial charge in [-0.3, -0.25) is 4.98 Å². The van der Waals surface area contributed by atoms with Crippen molar-refractivity contribution in [2.24, 2.45) is 5.92 Å². The standard InChI is InChI=1S/C14H21N/c1-9(2)7-13-11(4)15-10(3)8-14(13)12-5-6-12/h8-9,12H,5-7H2,1-4H3. The van der Waals surface area contributed by atoms with E-state index in [9.17, 15) is 0 Å². The fourth-order valence-electron chi connectivity index (χ4n) is 2.32. The van der Waals surface area contributed by atoms with Crippen LogP contribution in [0.4, 0.5) is 0 Å². The Hall–Kier alpha value is -0.850. The maximum atomic E-state index is 4.60. The molecule has 0 radical (unpaired) electrons. The largest absolute Gasteiger partial charge is 0.258 e. The van der Waals surface area contributed by atoms with E-state index in [1.165, 1.54) is 36.2 Å². The van der Waals surface area contributed by atoms with Crippen LogP contribution in [0.1, 0.15) is 55.1 Å². The van der Waals surface area contributed by atoms with Gasteiger partial charge in [-0.2, -0.15) is 0 Å². The lowest BCUT2D eigenvalue weighted by atomic mass is 9.94. The Balaban J connectivity index is 2.39. The third kappa shape index (κ3) is 2.39. The van der Waals surface area contributed by atoms with Crippen LogP contribution in [-0.4, -0.2) is 4.98 Å². The predicted molar refractivity (Wildman–Crippen MR) is 64.2 cm³/mol. The average molecular weight is 203 g/mol. The summed E-state index contributed by atoms with van der Waals surface area (Å²) in [6, 6.07) is 2.31. The van der Waals surface area contributed by atoms with Crippen molar-refractivity contribution in [2.75, 3.05) is 0 Å². The molecule has 0 bridgehead atoms. The molecule has 1 heterocycles. The molecular weight excluding hydrogens is 182 g/mol. The van der Waals surface area contributed by atoms with Gasteiger partial charge in [0.15, 0.2) is 0 Å². The molecule has 0 unspecified atom stereocenters. The fraction of sp³-hybridized carbons (Fsp3) is 0.643. The highest BCUT2D eigenvalue weighted by molar-refractivity contribution is 5.37. The molecule has 0 N–H and O–H groups in total. The quantitative estimate of drug-likeness (QED) is 0.728. The molecule has 82 valence electrons. The predicted octanol–water partition coefficient (Wildman–Crippen LogP) is 3.77. The molecule has 15 heavy (non-hydrogen) atoms. The van der Waals surface area contributed by atoms with Gasteiger partial charge in [-0.15, -0.1) is 0 Å². The molecule has 1 nitrogen and oxygen atoms in total. The summed E-state index contributed by atoms with van der Waals surface area (Å²) in [5, 5.41) is 0. The normalized spacial score (nSPS) is 16.1. The molecule has 1 aliphatic rings. The second-order valence-corrected chi connectivity index (χ2v) is 5.29. The minimum atomic E-state index is 0.728. The third-order valence-electron chi connectivity index (χ3n) is 3.12. The van der Waals surface area contributed by atoms with Gasteiger partial charge in [0.25, 0.3) is 0 Å². The first-order chi connectivity index (χ1) is 7.08. The van der Waals surface area contributed by atoms with Gasteiger partial charge in [0, 0.05) is 11.4 Å². The van der Waals surface area contributed by atoms with E-state index in [4.69, 9.17) is 0 Å². The van der Waals surface area contributed by atoms with Gasteiger partial charge in [-0.1, -0.05) is 13.8 Å². The number of hydrogen-bond donors (Lipinski definition) is 0. The van der Waals surface area contributed by atoms with Gasteiger partial charge in [0.2, 0.25) is 0 Å². The second-order valence-electron chi connectivity index (χ2n) is 5.29. The Morgan fingerprint density at radius 3 is 2.53 bits per heavy atom. The van der Waals surface area contributed by atoms with Crippen molar-refractivity contribution in [3.8, 4) is 0 Å². The molecule has 0 amide bonds. The van der Waals surface area contributed by atoms with Gasteiger partial charge in [0.1, 0.15) is 0 Å². The van der Waals surface area contributed by atoms with Crippen LogP contribution in [0.25, 0.3) is 0 Å². The monoisotopic (exact) mass is 203 g/mol. The summed E-state index contributed by atoms with van der Waals surface area (Å²) in [7, 11) is 0. The zero-order chi connectivity index (χ0) is 11.0. The Morgan fingerprint density at radius 1 is 1.33 bits per heavy atom. The molecule has 1 saturated carbocycles. The van der Waals surface area contributed by atoms with E-state index in [0.717, 1.165) is 11.8 Å². The van der Waals surface area contributed by atoms with Gasteiger partial charge >= 0.3 is 0 Å². The van der Waals surface area contributed by atoms with Crippen LogP contribution in [0.5, 0.6) is 0 Å². The molecule has 1 aromatic heterocycles. The highest BCUT2D eigenvalue weighted by Crippen LogP contribution is 2.42. The topological polar surface area (TPSA) is 12.9 Å². The van der Waals surface area contributed by atoms with Crippen molar-refractivity contribution in [2.45, 2.75) is 52.9 Å². The molecule has 1 aromatic rings.